The zero-order chi connectivity index (χ0) is 16.9. The van der Waals surface area contributed by atoms with E-state index < -0.39 is 0 Å². The number of thiophene rings is 1. The van der Waals surface area contributed by atoms with Crippen LogP contribution in [0.1, 0.15) is 16.2 Å². The zero-order valence-electron chi connectivity index (χ0n) is 13.4. The van der Waals surface area contributed by atoms with Gasteiger partial charge < -0.3 is 14.8 Å². The number of nitrogens with zero attached hydrogens (tertiary/aromatic N) is 2. The van der Waals surface area contributed by atoms with Crippen molar-refractivity contribution in [3.05, 3.63) is 47.2 Å². The van der Waals surface area contributed by atoms with E-state index in [1.165, 1.54) is 11.3 Å². The van der Waals surface area contributed by atoms with Gasteiger partial charge in [0.05, 0.1) is 23.0 Å². The maximum atomic E-state index is 12.2. The van der Waals surface area contributed by atoms with Crippen molar-refractivity contribution in [1.82, 2.24) is 15.3 Å². The number of aromatic nitrogens is 2. The second-order valence-corrected chi connectivity index (χ2v) is 6.04. The van der Waals surface area contributed by atoms with E-state index in [1.54, 1.807) is 19.4 Å². The molecule has 0 unspecified atom stereocenters. The fourth-order valence-electron chi connectivity index (χ4n) is 2.12. The van der Waals surface area contributed by atoms with Crippen LogP contribution >= 0.6 is 11.3 Å². The van der Waals surface area contributed by atoms with Gasteiger partial charge in [-0.15, -0.1) is 11.3 Å². The van der Waals surface area contributed by atoms with Gasteiger partial charge in [0.2, 0.25) is 0 Å². The first-order valence-electron chi connectivity index (χ1n) is 7.43. The minimum absolute atomic E-state index is 0.257. The molecule has 0 aliphatic heterocycles. The SMILES string of the molecule is COCCNC(=O)c1cc(Oc2ccc(C)nc2)c2sccc2n1. The van der Waals surface area contributed by atoms with Crippen LogP contribution in [0.15, 0.2) is 35.8 Å². The number of aryl methyl sites for hydroxylation is 1. The fraction of sp³-hybridized carbons (Fsp3) is 0.235. The van der Waals surface area contributed by atoms with Crippen molar-refractivity contribution in [3.8, 4) is 11.5 Å². The van der Waals surface area contributed by atoms with Crippen LogP contribution in [0, 0.1) is 6.92 Å². The molecule has 3 rings (SSSR count). The summed E-state index contributed by atoms with van der Waals surface area (Å²) in [5, 5.41) is 4.69. The Hall–Kier alpha value is -2.51. The monoisotopic (exact) mass is 343 g/mol. The first-order valence-corrected chi connectivity index (χ1v) is 8.31. The van der Waals surface area contributed by atoms with E-state index in [4.69, 9.17) is 9.47 Å². The van der Waals surface area contributed by atoms with E-state index in [9.17, 15) is 4.79 Å². The summed E-state index contributed by atoms with van der Waals surface area (Å²) in [4.78, 5) is 20.9. The predicted octanol–water partition coefficient (Wildman–Crippen LogP) is 3.17. The Morgan fingerprint density at radius 2 is 2.21 bits per heavy atom. The third-order valence-corrected chi connectivity index (χ3v) is 4.23. The summed E-state index contributed by atoms with van der Waals surface area (Å²) >= 11 is 1.52. The molecule has 3 aromatic heterocycles. The molecule has 0 radical (unpaired) electrons. The van der Waals surface area contributed by atoms with Crippen LogP contribution in [0.5, 0.6) is 11.5 Å². The van der Waals surface area contributed by atoms with Gasteiger partial charge in [0.15, 0.2) is 0 Å². The smallest absolute Gasteiger partial charge is 0.270 e. The second-order valence-electron chi connectivity index (χ2n) is 5.13. The second kappa shape index (κ2) is 7.37. The van der Waals surface area contributed by atoms with Gasteiger partial charge in [0.25, 0.3) is 5.91 Å². The molecule has 6 nitrogen and oxygen atoms in total. The number of hydrogen-bond acceptors (Lipinski definition) is 6. The molecule has 1 amide bonds. The van der Waals surface area contributed by atoms with Crippen LogP contribution in [0.2, 0.25) is 0 Å². The van der Waals surface area contributed by atoms with Crippen molar-refractivity contribution < 1.29 is 14.3 Å². The largest absolute Gasteiger partial charge is 0.454 e. The van der Waals surface area contributed by atoms with Gasteiger partial charge >= 0.3 is 0 Å². The predicted molar refractivity (Wildman–Crippen MR) is 92.9 cm³/mol. The van der Waals surface area contributed by atoms with Crippen molar-refractivity contribution >= 4 is 27.5 Å². The maximum Gasteiger partial charge on any atom is 0.270 e. The molecule has 0 atom stereocenters. The minimum Gasteiger partial charge on any atom is -0.454 e. The van der Waals surface area contributed by atoms with Crippen LogP contribution in [0.3, 0.4) is 0 Å². The van der Waals surface area contributed by atoms with E-state index >= 15 is 0 Å². The van der Waals surface area contributed by atoms with Crippen molar-refractivity contribution in [2.24, 2.45) is 0 Å². The van der Waals surface area contributed by atoms with Crippen LogP contribution in [0.25, 0.3) is 10.2 Å². The topological polar surface area (TPSA) is 73.3 Å². The Kier molecular flexibility index (Phi) is 5.02. The highest BCUT2D eigenvalue weighted by molar-refractivity contribution is 7.17. The summed E-state index contributed by atoms with van der Waals surface area (Å²) in [6, 6.07) is 7.24. The first kappa shape index (κ1) is 16.4. The summed E-state index contributed by atoms with van der Waals surface area (Å²) < 4.78 is 11.8. The number of carbonyl (C=O) groups excluding carboxylic acids is 1. The molecule has 24 heavy (non-hydrogen) atoms. The van der Waals surface area contributed by atoms with Gasteiger partial charge in [0.1, 0.15) is 17.2 Å². The van der Waals surface area contributed by atoms with Crippen LogP contribution < -0.4 is 10.1 Å². The molecule has 0 aromatic carbocycles. The summed E-state index contributed by atoms with van der Waals surface area (Å²) in [6.07, 6.45) is 1.66. The molecule has 0 fully saturated rings. The van der Waals surface area contributed by atoms with Crippen LogP contribution in [0.4, 0.5) is 0 Å². The maximum absolute atomic E-state index is 12.2. The number of ether oxygens (including phenoxy) is 2. The molecule has 124 valence electrons. The molecule has 3 aromatic rings. The minimum atomic E-state index is -0.257. The lowest BCUT2D eigenvalue weighted by molar-refractivity contribution is 0.0932. The lowest BCUT2D eigenvalue weighted by Gasteiger charge is -2.09. The van der Waals surface area contributed by atoms with Gasteiger partial charge in [-0.2, -0.15) is 0 Å². The molecule has 0 aliphatic rings. The molecule has 0 spiro atoms. The Bertz CT molecular complexity index is 846. The van der Waals surface area contributed by atoms with Gasteiger partial charge in [-0.1, -0.05) is 0 Å². The molecule has 0 saturated heterocycles. The number of methoxy groups -OCH3 is 1. The Balaban J connectivity index is 1.89. The molecule has 0 aliphatic carbocycles. The molecule has 3 heterocycles. The van der Waals surface area contributed by atoms with Crippen molar-refractivity contribution in [1.29, 1.82) is 0 Å². The van der Waals surface area contributed by atoms with E-state index in [2.05, 4.69) is 15.3 Å². The highest BCUT2D eigenvalue weighted by Crippen LogP contribution is 2.33. The average Bonchev–Trinajstić information content (AvgIpc) is 3.06. The van der Waals surface area contributed by atoms with Crippen molar-refractivity contribution in [2.45, 2.75) is 6.92 Å². The number of rotatable bonds is 6. The zero-order valence-corrected chi connectivity index (χ0v) is 14.2. The third kappa shape index (κ3) is 3.69. The third-order valence-electron chi connectivity index (χ3n) is 3.31. The number of amides is 1. The number of fused-ring (bicyclic) bond motifs is 1. The van der Waals surface area contributed by atoms with Gasteiger partial charge in [0, 0.05) is 25.4 Å². The van der Waals surface area contributed by atoms with Crippen molar-refractivity contribution in [2.75, 3.05) is 20.3 Å². The average molecular weight is 343 g/mol. The summed E-state index contributed by atoms with van der Waals surface area (Å²) in [6.45, 7) is 2.79. The van der Waals surface area contributed by atoms with Crippen LogP contribution in [-0.4, -0.2) is 36.1 Å². The first-order chi connectivity index (χ1) is 11.7. The molecule has 1 N–H and O–H groups in total. The quantitative estimate of drug-likeness (QED) is 0.696. The van der Waals surface area contributed by atoms with E-state index in [-0.39, 0.29) is 5.91 Å². The van der Waals surface area contributed by atoms with Crippen molar-refractivity contribution in [3.63, 3.8) is 0 Å². The normalized spacial score (nSPS) is 10.8. The fourth-order valence-corrected chi connectivity index (χ4v) is 2.90. The molecular formula is C17H17N3O3S. The Morgan fingerprint density at radius 3 is 2.96 bits per heavy atom. The molecule has 0 saturated carbocycles. The summed E-state index contributed by atoms with van der Waals surface area (Å²) in [7, 11) is 1.59. The number of carbonyl (C=O) groups is 1. The lowest BCUT2D eigenvalue weighted by atomic mass is 10.3. The van der Waals surface area contributed by atoms with Gasteiger partial charge in [-0.25, -0.2) is 4.98 Å². The van der Waals surface area contributed by atoms with E-state index in [1.807, 2.05) is 30.5 Å². The van der Waals surface area contributed by atoms with Gasteiger partial charge in [-0.05, 0) is 30.5 Å². The van der Waals surface area contributed by atoms with E-state index in [0.29, 0.717) is 30.3 Å². The molecule has 7 heteroatoms. The number of nitrogens with one attached hydrogen (secondary N) is 1. The lowest BCUT2D eigenvalue weighted by Crippen LogP contribution is -2.27. The number of pyridine rings is 2. The van der Waals surface area contributed by atoms with Gasteiger partial charge in [-0.3, -0.25) is 9.78 Å². The Morgan fingerprint density at radius 1 is 1.33 bits per heavy atom. The highest BCUT2D eigenvalue weighted by atomic mass is 32.1. The molecule has 0 bridgehead atoms. The molecular weight excluding hydrogens is 326 g/mol. The van der Waals surface area contributed by atoms with Crippen LogP contribution in [-0.2, 0) is 4.74 Å². The van der Waals surface area contributed by atoms with E-state index in [0.717, 1.165) is 15.9 Å². The summed E-state index contributed by atoms with van der Waals surface area (Å²) in [5.41, 5.74) is 1.96. The highest BCUT2D eigenvalue weighted by Gasteiger charge is 2.14. The Labute approximate surface area is 143 Å². The summed E-state index contributed by atoms with van der Waals surface area (Å²) in [5.74, 6) is 0.955. The number of hydrogen-bond donors (Lipinski definition) is 1. The standard InChI is InChI=1S/C17H17N3O3S/c1-11-3-4-12(10-19-11)23-15-9-14(17(21)18-6-7-22-2)20-13-5-8-24-16(13)15/h3-5,8-10H,6-7H2,1-2H3,(H,18,21).